The summed E-state index contributed by atoms with van der Waals surface area (Å²) in [6.07, 6.45) is 1.45. The molecule has 0 atom stereocenters. The Morgan fingerprint density at radius 1 is 1.40 bits per heavy atom. The van der Waals surface area contributed by atoms with Gasteiger partial charge in [0.25, 0.3) is 5.91 Å². The van der Waals surface area contributed by atoms with Gasteiger partial charge in [0, 0.05) is 6.54 Å². The van der Waals surface area contributed by atoms with E-state index in [2.05, 4.69) is 6.58 Å². The minimum Gasteiger partial charge on any atom is -0.484 e. The van der Waals surface area contributed by atoms with E-state index < -0.39 is 18.4 Å². The van der Waals surface area contributed by atoms with Crippen molar-refractivity contribution in [3.8, 4) is 11.8 Å². The zero-order valence-corrected chi connectivity index (χ0v) is 10.8. The van der Waals surface area contributed by atoms with Crippen LogP contribution in [0.15, 0.2) is 36.9 Å². The number of carbonyl (C=O) groups excluding carboxylic acids is 1. The van der Waals surface area contributed by atoms with Gasteiger partial charge in [0.1, 0.15) is 12.3 Å². The van der Waals surface area contributed by atoms with Gasteiger partial charge in [0.05, 0.1) is 11.6 Å². The van der Waals surface area contributed by atoms with Crippen LogP contribution in [0, 0.1) is 11.3 Å². The molecule has 0 bridgehead atoms. The van der Waals surface area contributed by atoms with Crippen molar-refractivity contribution in [1.29, 1.82) is 5.26 Å². The highest BCUT2D eigenvalue weighted by Crippen LogP contribution is 2.11. The Hall–Kier alpha value is -2.81. The predicted molar refractivity (Wildman–Crippen MR) is 71.1 cm³/mol. The molecule has 1 aromatic rings. The molecule has 0 radical (unpaired) electrons. The van der Waals surface area contributed by atoms with Gasteiger partial charge in [-0.1, -0.05) is 6.08 Å². The molecular weight excluding hydrogens is 260 g/mol. The van der Waals surface area contributed by atoms with Gasteiger partial charge in [0.2, 0.25) is 0 Å². The second-order valence-electron chi connectivity index (χ2n) is 3.88. The third-order valence-electron chi connectivity index (χ3n) is 2.37. The average Bonchev–Trinajstić information content (AvgIpc) is 2.44. The van der Waals surface area contributed by atoms with Crippen LogP contribution in [-0.2, 0) is 9.59 Å². The number of ether oxygens (including phenoxy) is 1. The number of carboxylic acids is 1. The van der Waals surface area contributed by atoms with Crippen molar-refractivity contribution >= 4 is 11.9 Å². The van der Waals surface area contributed by atoms with E-state index >= 15 is 0 Å². The largest absolute Gasteiger partial charge is 0.484 e. The Balaban J connectivity index is 2.57. The van der Waals surface area contributed by atoms with E-state index in [0.29, 0.717) is 11.3 Å². The van der Waals surface area contributed by atoms with Gasteiger partial charge >= 0.3 is 5.97 Å². The smallest absolute Gasteiger partial charge is 0.323 e. The molecule has 0 aliphatic rings. The maximum atomic E-state index is 11.8. The van der Waals surface area contributed by atoms with Crippen molar-refractivity contribution < 1.29 is 19.4 Å². The summed E-state index contributed by atoms with van der Waals surface area (Å²) in [7, 11) is 0. The van der Waals surface area contributed by atoms with Gasteiger partial charge in [-0.15, -0.1) is 6.58 Å². The highest BCUT2D eigenvalue weighted by molar-refractivity contribution is 5.82. The third-order valence-corrected chi connectivity index (χ3v) is 2.37. The van der Waals surface area contributed by atoms with Crippen LogP contribution >= 0.6 is 0 Å². The van der Waals surface area contributed by atoms with Crippen LogP contribution in [0.3, 0.4) is 0 Å². The van der Waals surface area contributed by atoms with Gasteiger partial charge < -0.3 is 14.7 Å². The number of hydrogen-bond acceptors (Lipinski definition) is 4. The molecule has 1 aromatic carbocycles. The van der Waals surface area contributed by atoms with E-state index in [1.54, 1.807) is 24.3 Å². The maximum Gasteiger partial charge on any atom is 0.323 e. The zero-order chi connectivity index (χ0) is 15.0. The molecule has 0 saturated heterocycles. The van der Waals surface area contributed by atoms with Gasteiger partial charge in [0.15, 0.2) is 6.61 Å². The molecule has 0 spiro atoms. The highest BCUT2D eigenvalue weighted by Gasteiger charge is 2.15. The Labute approximate surface area is 116 Å². The molecule has 1 rings (SSSR count). The molecule has 1 amide bonds. The topological polar surface area (TPSA) is 90.6 Å². The first kappa shape index (κ1) is 15.2. The molecule has 20 heavy (non-hydrogen) atoms. The van der Waals surface area contributed by atoms with E-state index in [4.69, 9.17) is 15.1 Å². The van der Waals surface area contributed by atoms with E-state index in [1.807, 2.05) is 6.07 Å². The van der Waals surface area contributed by atoms with Crippen LogP contribution in [0.4, 0.5) is 0 Å². The monoisotopic (exact) mass is 274 g/mol. The van der Waals surface area contributed by atoms with Crippen molar-refractivity contribution in [1.82, 2.24) is 4.90 Å². The minimum atomic E-state index is -1.10. The first-order valence-corrected chi connectivity index (χ1v) is 5.80. The number of hydrogen-bond donors (Lipinski definition) is 1. The summed E-state index contributed by atoms with van der Waals surface area (Å²) in [6, 6.07) is 8.25. The lowest BCUT2D eigenvalue weighted by molar-refractivity contribution is -0.144. The molecule has 1 N–H and O–H groups in total. The summed E-state index contributed by atoms with van der Waals surface area (Å²) in [6.45, 7) is 2.94. The quantitative estimate of drug-likeness (QED) is 0.750. The second-order valence-corrected chi connectivity index (χ2v) is 3.88. The standard InChI is InChI=1S/C14H14N2O4/c1-2-7-16(9-14(18)19)13(17)10-20-12-5-3-11(8-15)4-6-12/h2-6H,1,7,9-10H2,(H,18,19). The van der Waals surface area contributed by atoms with Gasteiger partial charge in [-0.25, -0.2) is 0 Å². The van der Waals surface area contributed by atoms with E-state index in [0.717, 1.165) is 4.90 Å². The molecule has 0 aliphatic carbocycles. The molecule has 104 valence electrons. The number of carboxylic acid groups (broad SMARTS) is 1. The van der Waals surface area contributed by atoms with E-state index in [1.165, 1.54) is 6.08 Å². The fourth-order valence-corrected chi connectivity index (χ4v) is 1.44. The van der Waals surface area contributed by atoms with Crippen LogP contribution in [-0.4, -0.2) is 41.6 Å². The summed E-state index contributed by atoms with van der Waals surface area (Å²) in [5.41, 5.74) is 0.489. The molecule has 0 aromatic heterocycles. The number of aliphatic carboxylic acids is 1. The lowest BCUT2D eigenvalue weighted by atomic mass is 10.2. The Morgan fingerprint density at radius 2 is 2.05 bits per heavy atom. The number of nitriles is 1. The first-order chi connectivity index (χ1) is 9.56. The summed E-state index contributed by atoms with van der Waals surface area (Å²) < 4.78 is 5.25. The van der Waals surface area contributed by atoms with Crippen molar-refractivity contribution in [3.63, 3.8) is 0 Å². The number of carbonyl (C=O) groups is 2. The van der Waals surface area contributed by atoms with Crippen molar-refractivity contribution in [3.05, 3.63) is 42.5 Å². The molecule has 0 saturated carbocycles. The summed E-state index contributed by atoms with van der Waals surface area (Å²) >= 11 is 0. The zero-order valence-electron chi connectivity index (χ0n) is 10.8. The van der Waals surface area contributed by atoms with Crippen molar-refractivity contribution in [2.45, 2.75) is 0 Å². The molecular formula is C14H14N2O4. The number of rotatable bonds is 7. The number of nitrogens with zero attached hydrogens (tertiary/aromatic N) is 2. The number of amides is 1. The lowest BCUT2D eigenvalue weighted by Gasteiger charge is -2.18. The number of benzene rings is 1. The van der Waals surface area contributed by atoms with Crippen molar-refractivity contribution in [2.75, 3.05) is 19.7 Å². The van der Waals surface area contributed by atoms with Crippen LogP contribution < -0.4 is 4.74 Å². The Bertz CT molecular complexity index is 531. The van der Waals surface area contributed by atoms with E-state index in [9.17, 15) is 9.59 Å². The van der Waals surface area contributed by atoms with Crippen molar-refractivity contribution in [2.24, 2.45) is 0 Å². The SMILES string of the molecule is C=CCN(CC(=O)O)C(=O)COc1ccc(C#N)cc1. The minimum absolute atomic E-state index is 0.141. The summed E-state index contributed by atoms with van der Waals surface area (Å²) in [4.78, 5) is 23.6. The molecule has 0 aliphatic heterocycles. The normalized spacial score (nSPS) is 9.35. The summed E-state index contributed by atoms with van der Waals surface area (Å²) in [5, 5.41) is 17.3. The predicted octanol–water partition coefficient (Wildman–Crippen LogP) is 1.04. The maximum absolute atomic E-state index is 11.8. The lowest BCUT2D eigenvalue weighted by Crippen LogP contribution is -2.38. The molecule has 0 heterocycles. The highest BCUT2D eigenvalue weighted by atomic mass is 16.5. The molecule has 0 unspecified atom stereocenters. The van der Waals surface area contributed by atoms with Crippen LogP contribution in [0.2, 0.25) is 0 Å². The first-order valence-electron chi connectivity index (χ1n) is 5.80. The van der Waals surface area contributed by atoms with Crippen LogP contribution in [0.5, 0.6) is 5.75 Å². The van der Waals surface area contributed by atoms with Gasteiger partial charge in [-0.2, -0.15) is 5.26 Å². The Morgan fingerprint density at radius 3 is 2.55 bits per heavy atom. The second kappa shape index (κ2) is 7.59. The Kier molecular flexibility index (Phi) is 5.78. The molecule has 6 heteroatoms. The summed E-state index contributed by atoms with van der Waals surface area (Å²) in [5.74, 6) is -1.11. The fraction of sp³-hybridized carbons (Fsp3) is 0.214. The van der Waals surface area contributed by atoms with Gasteiger partial charge in [-0.3, -0.25) is 9.59 Å². The fourth-order valence-electron chi connectivity index (χ4n) is 1.44. The van der Waals surface area contributed by atoms with Crippen LogP contribution in [0.25, 0.3) is 0 Å². The van der Waals surface area contributed by atoms with Crippen LogP contribution in [0.1, 0.15) is 5.56 Å². The van der Waals surface area contributed by atoms with E-state index in [-0.39, 0.29) is 13.2 Å². The van der Waals surface area contributed by atoms with Gasteiger partial charge in [-0.05, 0) is 24.3 Å². The molecule has 0 fully saturated rings. The molecule has 6 nitrogen and oxygen atoms in total. The third kappa shape index (κ3) is 4.82. The average molecular weight is 274 g/mol.